The van der Waals surface area contributed by atoms with E-state index in [1.165, 1.54) is 32.1 Å². The Hall–Kier alpha value is -0.830. The lowest BCUT2D eigenvalue weighted by molar-refractivity contribution is -0.135. The highest BCUT2D eigenvalue weighted by Gasteiger charge is 2.64. The second-order valence-electron chi connectivity index (χ2n) is 9.20. The molecule has 0 amide bonds. The summed E-state index contributed by atoms with van der Waals surface area (Å²) in [4.78, 5) is 11.8. The Balaban J connectivity index is 1.63. The molecule has 0 radical (unpaired) electrons. The first-order valence-electron chi connectivity index (χ1n) is 9.38. The fourth-order valence-electron chi connectivity index (χ4n) is 6.28. The normalized spacial score (nSPS) is 46.7. The molecule has 2 saturated carbocycles. The summed E-state index contributed by atoms with van der Waals surface area (Å²) in [5.74, 6) is 1.23. The van der Waals surface area contributed by atoms with E-state index in [1.807, 2.05) is 0 Å². The summed E-state index contributed by atoms with van der Waals surface area (Å²) in [6.45, 7) is 8.92. The maximum Gasteiger partial charge on any atom is 0.333 e. The standard InChI is InChI=1S/C20H30O3/c1-18(2)9-4-10-19(3)15(18)7-11-20(13-23-20)16(19)6-5-14-8-12-22-17(14)21/h5,15-16H,4,6-13H2,1-3H3/b14-5+/t15-,16+,19-,20-/m0/s1. The zero-order valence-electron chi connectivity index (χ0n) is 14.8. The first-order valence-corrected chi connectivity index (χ1v) is 9.38. The lowest BCUT2D eigenvalue weighted by Gasteiger charge is -2.59. The Bertz CT molecular complexity index is 543. The topological polar surface area (TPSA) is 38.8 Å². The van der Waals surface area contributed by atoms with Crippen molar-refractivity contribution in [1.82, 2.24) is 0 Å². The van der Waals surface area contributed by atoms with Crippen molar-refractivity contribution in [1.29, 1.82) is 0 Å². The Morgan fingerprint density at radius 3 is 2.65 bits per heavy atom. The van der Waals surface area contributed by atoms with Crippen LogP contribution in [0.15, 0.2) is 11.6 Å². The van der Waals surface area contributed by atoms with Crippen LogP contribution in [-0.2, 0) is 14.3 Å². The van der Waals surface area contributed by atoms with Gasteiger partial charge in [0.05, 0.1) is 18.8 Å². The SMILES string of the molecule is CC1(C)CCC[C@@]2(C)[C@H]1CC[C@]1(CO1)[C@@H]2C/C=C1\CCOC1=O. The summed E-state index contributed by atoms with van der Waals surface area (Å²) < 4.78 is 11.1. The predicted molar refractivity (Wildman–Crippen MR) is 88.9 cm³/mol. The summed E-state index contributed by atoms with van der Waals surface area (Å²) in [6.07, 6.45) is 10.4. The maximum atomic E-state index is 11.8. The monoisotopic (exact) mass is 318 g/mol. The molecular formula is C20H30O3. The molecule has 4 atom stereocenters. The minimum atomic E-state index is -0.0998. The molecule has 0 aromatic heterocycles. The van der Waals surface area contributed by atoms with Gasteiger partial charge in [0.25, 0.3) is 0 Å². The van der Waals surface area contributed by atoms with Gasteiger partial charge in [0.1, 0.15) is 0 Å². The molecule has 128 valence electrons. The van der Waals surface area contributed by atoms with Gasteiger partial charge in [-0.1, -0.05) is 33.3 Å². The molecule has 0 aromatic rings. The van der Waals surface area contributed by atoms with Crippen molar-refractivity contribution >= 4 is 5.97 Å². The van der Waals surface area contributed by atoms with Crippen molar-refractivity contribution in [3.05, 3.63) is 11.6 Å². The molecule has 2 aliphatic carbocycles. The van der Waals surface area contributed by atoms with Crippen LogP contribution >= 0.6 is 0 Å². The van der Waals surface area contributed by atoms with Crippen LogP contribution in [0.2, 0.25) is 0 Å². The molecule has 0 aromatic carbocycles. The Morgan fingerprint density at radius 1 is 1.22 bits per heavy atom. The number of hydrogen-bond donors (Lipinski definition) is 0. The molecule has 2 aliphatic heterocycles. The number of carbonyl (C=O) groups excluding carboxylic acids is 1. The van der Waals surface area contributed by atoms with Crippen molar-refractivity contribution in [3.63, 3.8) is 0 Å². The molecule has 2 saturated heterocycles. The molecule has 3 nitrogen and oxygen atoms in total. The van der Waals surface area contributed by atoms with E-state index in [0.717, 1.165) is 30.9 Å². The van der Waals surface area contributed by atoms with Crippen LogP contribution in [0, 0.1) is 22.7 Å². The zero-order valence-corrected chi connectivity index (χ0v) is 14.8. The Labute approximate surface area is 139 Å². The summed E-state index contributed by atoms with van der Waals surface area (Å²) >= 11 is 0. The Morgan fingerprint density at radius 2 is 2.00 bits per heavy atom. The third-order valence-corrected chi connectivity index (χ3v) is 7.55. The second-order valence-corrected chi connectivity index (χ2v) is 9.20. The van der Waals surface area contributed by atoms with E-state index in [0.29, 0.717) is 23.4 Å². The van der Waals surface area contributed by atoms with E-state index in [9.17, 15) is 4.79 Å². The quantitative estimate of drug-likeness (QED) is 0.434. The number of allylic oxidation sites excluding steroid dienone is 1. The van der Waals surface area contributed by atoms with Gasteiger partial charge in [-0.05, 0) is 54.8 Å². The summed E-state index contributed by atoms with van der Waals surface area (Å²) in [5, 5.41) is 0. The van der Waals surface area contributed by atoms with Crippen molar-refractivity contribution in [2.45, 2.75) is 71.3 Å². The van der Waals surface area contributed by atoms with E-state index in [2.05, 4.69) is 26.8 Å². The zero-order chi connectivity index (χ0) is 16.3. The second kappa shape index (κ2) is 5.08. The minimum Gasteiger partial charge on any atom is -0.462 e. The van der Waals surface area contributed by atoms with Gasteiger partial charge in [-0.3, -0.25) is 0 Å². The Kier molecular flexibility index (Phi) is 3.46. The third kappa shape index (κ3) is 2.38. The molecule has 0 unspecified atom stereocenters. The summed E-state index contributed by atoms with van der Waals surface area (Å²) in [7, 11) is 0. The number of cyclic esters (lactones) is 1. The van der Waals surface area contributed by atoms with E-state index in [-0.39, 0.29) is 11.6 Å². The van der Waals surface area contributed by atoms with Crippen LogP contribution in [-0.4, -0.2) is 24.8 Å². The summed E-state index contributed by atoms with van der Waals surface area (Å²) in [5.41, 5.74) is 1.77. The van der Waals surface area contributed by atoms with E-state index in [1.54, 1.807) is 0 Å². The van der Waals surface area contributed by atoms with Crippen molar-refractivity contribution in [3.8, 4) is 0 Å². The molecule has 2 heterocycles. The number of fused-ring (bicyclic) bond motifs is 1. The van der Waals surface area contributed by atoms with Crippen LogP contribution in [0.3, 0.4) is 0 Å². The van der Waals surface area contributed by atoms with Crippen LogP contribution in [0.1, 0.15) is 65.7 Å². The molecule has 0 N–H and O–H groups in total. The van der Waals surface area contributed by atoms with Crippen LogP contribution in [0.5, 0.6) is 0 Å². The molecular weight excluding hydrogens is 288 g/mol. The fraction of sp³-hybridized carbons (Fsp3) is 0.850. The fourth-order valence-corrected chi connectivity index (χ4v) is 6.28. The number of carbonyl (C=O) groups is 1. The highest BCUT2D eigenvalue weighted by Crippen LogP contribution is 2.66. The van der Waals surface area contributed by atoms with Crippen LogP contribution in [0.4, 0.5) is 0 Å². The highest BCUT2D eigenvalue weighted by molar-refractivity contribution is 5.90. The van der Waals surface area contributed by atoms with Gasteiger partial charge >= 0.3 is 5.97 Å². The van der Waals surface area contributed by atoms with Gasteiger partial charge in [0.2, 0.25) is 0 Å². The number of ether oxygens (including phenoxy) is 2. The lowest BCUT2D eigenvalue weighted by atomic mass is 9.46. The van der Waals surface area contributed by atoms with Crippen molar-refractivity contribution in [2.75, 3.05) is 13.2 Å². The number of epoxide rings is 1. The van der Waals surface area contributed by atoms with Gasteiger partial charge in [-0.15, -0.1) is 0 Å². The van der Waals surface area contributed by atoms with Crippen LogP contribution < -0.4 is 0 Å². The van der Waals surface area contributed by atoms with Crippen molar-refractivity contribution < 1.29 is 14.3 Å². The third-order valence-electron chi connectivity index (χ3n) is 7.55. The smallest absolute Gasteiger partial charge is 0.333 e. The number of rotatable bonds is 2. The number of esters is 1. The lowest BCUT2D eigenvalue weighted by Crippen LogP contribution is -2.54. The first-order chi connectivity index (χ1) is 10.9. The largest absolute Gasteiger partial charge is 0.462 e. The van der Waals surface area contributed by atoms with Crippen molar-refractivity contribution in [2.24, 2.45) is 22.7 Å². The maximum absolute atomic E-state index is 11.8. The molecule has 0 bridgehead atoms. The highest BCUT2D eigenvalue weighted by atomic mass is 16.6. The molecule has 4 fully saturated rings. The van der Waals surface area contributed by atoms with Gasteiger partial charge in [0, 0.05) is 12.0 Å². The summed E-state index contributed by atoms with van der Waals surface area (Å²) in [6, 6.07) is 0. The van der Waals surface area contributed by atoms with Gasteiger partial charge in [0.15, 0.2) is 0 Å². The predicted octanol–water partition coefficient (Wildman–Crippen LogP) is 4.26. The number of hydrogen-bond acceptors (Lipinski definition) is 3. The molecule has 3 heteroatoms. The van der Waals surface area contributed by atoms with Gasteiger partial charge in [-0.2, -0.15) is 0 Å². The van der Waals surface area contributed by atoms with Gasteiger partial charge < -0.3 is 9.47 Å². The average Bonchev–Trinajstić information content (AvgIpc) is 3.12. The van der Waals surface area contributed by atoms with E-state index >= 15 is 0 Å². The molecule has 23 heavy (non-hydrogen) atoms. The van der Waals surface area contributed by atoms with E-state index < -0.39 is 0 Å². The average molecular weight is 318 g/mol. The first kappa shape index (κ1) is 15.7. The minimum absolute atomic E-state index is 0.0998. The molecule has 1 spiro atoms. The van der Waals surface area contributed by atoms with E-state index in [4.69, 9.17) is 9.47 Å². The molecule has 4 rings (SSSR count). The van der Waals surface area contributed by atoms with Crippen LogP contribution in [0.25, 0.3) is 0 Å². The molecule has 4 aliphatic rings. The van der Waals surface area contributed by atoms with Gasteiger partial charge in [-0.25, -0.2) is 4.79 Å².